The molecule has 35 heavy (non-hydrogen) atoms. The second-order valence-corrected chi connectivity index (χ2v) is 8.57. The lowest BCUT2D eigenvalue weighted by atomic mass is 9.90. The molecule has 0 fully saturated rings. The third-order valence-electron chi connectivity index (χ3n) is 6.65. The molecule has 2 aromatic heterocycles. The number of nitriles is 1. The van der Waals surface area contributed by atoms with Crippen molar-refractivity contribution >= 4 is 43.5 Å². The van der Waals surface area contributed by atoms with Crippen LogP contribution in [0.25, 0.3) is 65.9 Å². The first kappa shape index (κ1) is 18.5. The maximum Gasteiger partial charge on any atom is 0.144 e. The molecule has 0 saturated heterocycles. The van der Waals surface area contributed by atoms with Crippen molar-refractivity contribution in [2.45, 2.75) is 0 Å². The normalized spacial score (nSPS) is 11.8. The Balaban J connectivity index is 1.67. The minimum absolute atomic E-state index is 0.388. The van der Waals surface area contributed by atoms with Crippen LogP contribution in [0, 0.1) is 11.3 Å². The van der Waals surface area contributed by atoms with Crippen LogP contribution in [0.15, 0.2) is 114 Å². The van der Waals surface area contributed by atoms with Crippen molar-refractivity contribution in [1.29, 1.82) is 5.26 Å². The van der Waals surface area contributed by atoms with Gasteiger partial charge in [-0.3, -0.25) is 4.98 Å². The maximum absolute atomic E-state index is 10.2. The highest BCUT2D eigenvalue weighted by Gasteiger charge is 2.20. The van der Waals surface area contributed by atoms with Crippen LogP contribution in [0.5, 0.6) is 0 Å². The molecule has 0 radical (unpaired) electrons. The van der Waals surface area contributed by atoms with E-state index in [1.165, 1.54) is 0 Å². The Bertz CT molecular complexity index is 2020. The number of rotatable bonds is 2. The van der Waals surface area contributed by atoms with E-state index < -0.39 is 0 Å². The second kappa shape index (κ2) is 7.55. The first-order valence-electron chi connectivity index (χ1n) is 12.0. The van der Waals surface area contributed by atoms with Crippen molar-refractivity contribution in [3.8, 4) is 28.5 Å². The van der Waals surface area contributed by atoms with E-state index >= 15 is 0 Å². The van der Waals surface area contributed by atoms with Crippen LogP contribution in [0.1, 0.15) is 6.93 Å². The van der Waals surface area contributed by atoms with E-state index in [2.05, 4.69) is 17.1 Å². The van der Waals surface area contributed by atoms with E-state index in [0.717, 1.165) is 49.2 Å². The second-order valence-electron chi connectivity index (χ2n) is 8.57. The Kier molecular flexibility index (Phi) is 3.99. The molecule has 0 aliphatic heterocycles. The highest BCUT2D eigenvalue weighted by Crippen LogP contribution is 2.44. The summed E-state index contributed by atoms with van der Waals surface area (Å²) in [6, 6.07) is 34.4. The van der Waals surface area contributed by atoms with Crippen molar-refractivity contribution in [1.82, 2.24) is 4.98 Å². The summed E-state index contributed by atoms with van der Waals surface area (Å²) in [6.07, 6.45) is 1.77. The standard InChI is InChI=1S/C32H18N2O/c33-19-21-15-16-26-25-12-7-13-27(29-14-5-6-17-34-29)31(25)35-32(26)30(21)28-18-20-8-1-2-9-22(20)23-10-3-4-11-24(23)28/h1-18H/i18D. The predicted octanol–water partition coefficient (Wildman–Crippen LogP) is 8.49. The SMILES string of the molecule is [2H]c1c(-c2c(C#N)ccc3c2oc2c(-c4ccccn4)cccc23)c2ccccc2c2ccccc12. The number of benzene rings is 5. The summed E-state index contributed by atoms with van der Waals surface area (Å²) in [4.78, 5) is 4.53. The van der Waals surface area contributed by atoms with Crippen LogP contribution < -0.4 is 0 Å². The molecular formula is C32H18N2O. The quantitative estimate of drug-likeness (QED) is 0.250. The van der Waals surface area contributed by atoms with Gasteiger partial charge in [-0.05, 0) is 63.5 Å². The van der Waals surface area contributed by atoms with Gasteiger partial charge in [0.2, 0.25) is 0 Å². The minimum atomic E-state index is 0.388. The monoisotopic (exact) mass is 447 g/mol. The highest BCUT2D eigenvalue weighted by molar-refractivity contribution is 6.19. The average Bonchev–Trinajstić information content (AvgIpc) is 3.33. The fourth-order valence-electron chi connectivity index (χ4n) is 5.09. The maximum atomic E-state index is 10.2. The lowest BCUT2D eigenvalue weighted by Crippen LogP contribution is -1.89. The van der Waals surface area contributed by atoms with E-state index in [1.54, 1.807) is 6.20 Å². The first-order valence-corrected chi connectivity index (χ1v) is 11.5. The smallest absolute Gasteiger partial charge is 0.144 e. The van der Waals surface area contributed by atoms with Gasteiger partial charge in [0, 0.05) is 28.1 Å². The summed E-state index contributed by atoms with van der Waals surface area (Å²) >= 11 is 0. The zero-order valence-corrected chi connectivity index (χ0v) is 18.6. The van der Waals surface area contributed by atoms with Crippen LogP contribution >= 0.6 is 0 Å². The van der Waals surface area contributed by atoms with Gasteiger partial charge in [-0.1, -0.05) is 66.7 Å². The summed E-state index contributed by atoms with van der Waals surface area (Å²) in [5.74, 6) is 0. The minimum Gasteiger partial charge on any atom is -0.455 e. The van der Waals surface area contributed by atoms with Gasteiger partial charge in [-0.25, -0.2) is 0 Å². The molecule has 0 N–H and O–H groups in total. The number of hydrogen-bond acceptors (Lipinski definition) is 3. The number of para-hydroxylation sites is 1. The third-order valence-corrected chi connectivity index (χ3v) is 6.65. The van der Waals surface area contributed by atoms with Crippen molar-refractivity contribution < 1.29 is 5.79 Å². The molecular weight excluding hydrogens is 428 g/mol. The molecule has 0 atom stereocenters. The molecule has 0 saturated carbocycles. The summed E-state index contributed by atoms with van der Waals surface area (Å²) in [5.41, 5.74) is 4.90. The molecule has 0 aliphatic carbocycles. The molecule has 2 heterocycles. The van der Waals surface area contributed by atoms with Crippen LogP contribution in [-0.2, 0) is 0 Å². The summed E-state index contributed by atoms with van der Waals surface area (Å²) in [7, 11) is 0. The van der Waals surface area contributed by atoms with Gasteiger partial charge in [0.05, 0.1) is 18.7 Å². The predicted molar refractivity (Wildman–Crippen MR) is 142 cm³/mol. The van der Waals surface area contributed by atoms with E-state index in [-0.39, 0.29) is 0 Å². The Hall–Kier alpha value is -4.94. The average molecular weight is 448 g/mol. The molecule has 162 valence electrons. The fraction of sp³-hybridized carbons (Fsp3) is 0. The van der Waals surface area contributed by atoms with Crippen molar-refractivity contribution in [3.63, 3.8) is 0 Å². The van der Waals surface area contributed by atoms with Gasteiger partial charge in [0.1, 0.15) is 11.2 Å². The Labute approximate surface area is 202 Å². The Morgan fingerprint density at radius 1 is 0.657 bits per heavy atom. The van der Waals surface area contributed by atoms with E-state index in [1.807, 2.05) is 91.0 Å². The van der Waals surface area contributed by atoms with Crippen LogP contribution in [0.2, 0.25) is 0 Å². The van der Waals surface area contributed by atoms with Crippen molar-refractivity contribution in [2.75, 3.05) is 0 Å². The zero-order valence-electron chi connectivity index (χ0n) is 19.6. The number of pyridine rings is 1. The first-order chi connectivity index (χ1) is 17.8. The summed E-state index contributed by atoms with van der Waals surface area (Å²) < 4.78 is 15.9. The number of fused-ring (bicyclic) bond motifs is 6. The van der Waals surface area contributed by atoms with Gasteiger partial charge in [-0.2, -0.15) is 5.26 Å². The van der Waals surface area contributed by atoms with Crippen LogP contribution in [-0.4, -0.2) is 4.98 Å². The Morgan fingerprint density at radius 2 is 1.40 bits per heavy atom. The van der Waals surface area contributed by atoms with Crippen LogP contribution in [0.3, 0.4) is 0 Å². The van der Waals surface area contributed by atoms with Crippen molar-refractivity contribution in [2.24, 2.45) is 0 Å². The summed E-state index contributed by atoms with van der Waals surface area (Å²) in [6.45, 7) is 0. The van der Waals surface area contributed by atoms with Gasteiger partial charge in [0.15, 0.2) is 0 Å². The fourth-order valence-corrected chi connectivity index (χ4v) is 5.09. The summed E-state index contributed by atoms with van der Waals surface area (Å²) in [5, 5.41) is 15.9. The van der Waals surface area contributed by atoms with Gasteiger partial charge in [0.25, 0.3) is 0 Å². The molecule has 0 unspecified atom stereocenters. The van der Waals surface area contributed by atoms with E-state index in [0.29, 0.717) is 28.3 Å². The molecule has 7 rings (SSSR count). The van der Waals surface area contributed by atoms with Gasteiger partial charge >= 0.3 is 0 Å². The highest BCUT2D eigenvalue weighted by atomic mass is 16.3. The van der Waals surface area contributed by atoms with E-state index in [9.17, 15) is 6.63 Å². The molecule has 7 aromatic rings. The molecule has 0 spiro atoms. The third kappa shape index (κ3) is 2.87. The molecule has 0 aliphatic rings. The lowest BCUT2D eigenvalue weighted by molar-refractivity contribution is 0.671. The number of furan rings is 1. The lowest BCUT2D eigenvalue weighted by Gasteiger charge is -2.12. The number of aromatic nitrogens is 1. The van der Waals surface area contributed by atoms with Gasteiger partial charge < -0.3 is 4.42 Å². The number of nitrogens with zero attached hydrogens (tertiary/aromatic N) is 2. The largest absolute Gasteiger partial charge is 0.455 e. The molecule has 0 amide bonds. The van der Waals surface area contributed by atoms with E-state index in [4.69, 9.17) is 4.42 Å². The number of hydrogen-bond donors (Lipinski definition) is 0. The molecule has 3 nitrogen and oxygen atoms in total. The molecule has 5 aromatic carbocycles. The topological polar surface area (TPSA) is 49.8 Å². The zero-order chi connectivity index (χ0) is 24.2. The Morgan fingerprint density at radius 3 is 2.23 bits per heavy atom. The van der Waals surface area contributed by atoms with Gasteiger partial charge in [-0.15, -0.1) is 0 Å². The molecule has 3 heteroatoms. The molecule has 0 bridgehead atoms. The van der Waals surface area contributed by atoms with Crippen LogP contribution in [0.4, 0.5) is 0 Å². The van der Waals surface area contributed by atoms with Crippen molar-refractivity contribution in [3.05, 3.63) is 115 Å².